The van der Waals surface area contributed by atoms with Gasteiger partial charge in [-0.2, -0.15) is 0 Å². The van der Waals surface area contributed by atoms with Crippen molar-refractivity contribution in [3.8, 4) is 0 Å². The average Bonchev–Trinajstić information content (AvgIpc) is 3.14. The van der Waals surface area contributed by atoms with E-state index in [2.05, 4.69) is 0 Å². The Labute approximate surface area is 133 Å². The van der Waals surface area contributed by atoms with Crippen molar-refractivity contribution in [1.29, 1.82) is 0 Å². The first kappa shape index (κ1) is 14.5. The van der Waals surface area contributed by atoms with Gasteiger partial charge in [-0.05, 0) is 49.8 Å². The van der Waals surface area contributed by atoms with Crippen molar-refractivity contribution in [3.63, 3.8) is 0 Å². The predicted octanol–water partition coefficient (Wildman–Crippen LogP) is 2.09. The molecule has 1 aromatic carbocycles. The summed E-state index contributed by atoms with van der Waals surface area (Å²) < 4.78 is 9.15. The summed E-state index contributed by atoms with van der Waals surface area (Å²) in [4.78, 5) is 24.1. The van der Waals surface area contributed by atoms with Crippen molar-refractivity contribution in [2.24, 2.45) is 5.92 Å². The summed E-state index contributed by atoms with van der Waals surface area (Å²) in [6.45, 7) is 1.96. The van der Waals surface area contributed by atoms with Gasteiger partial charge in [-0.3, -0.25) is 9.13 Å². The van der Waals surface area contributed by atoms with E-state index in [0.717, 1.165) is 44.4 Å². The molecule has 1 N–H and O–H groups in total. The van der Waals surface area contributed by atoms with Crippen LogP contribution >= 0.6 is 0 Å². The fourth-order valence-corrected chi connectivity index (χ4v) is 3.36. The summed E-state index contributed by atoms with van der Waals surface area (Å²) >= 11 is 0. The first-order valence-electron chi connectivity index (χ1n) is 8.21. The molecular formula is C17H20N2O4. The Morgan fingerprint density at radius 3 is 2.61 bits per heavy atom. The van der Waals surface area contributed by atoms with Gasteiger partial charge in [0.2, 0.25) is 0 Å². The highest BCUT2D eigenvalue weighted by molar-refractivity contribution is 5.92. The molecule has 1 aromatic heterocycles. The minimum atomic E-state index is -0.974. The van der Waals surface area contributed by atoms with Gasteiger partial charge in [0.05, 0.1) is 29.2 Å². The van der Waals surface area contributed by atoms with Crippen LogP contribution in [0.2, 0.25) is 0 Å². The normalized spacial score (nSPS) is 21.1. The monoisotopic (exact) mass is 316 g/mol. The number of benzene rings is 1. The standard InChI is InChI=1S/C17H20N2O4/c20-16(21)12-5-6-14-15(8-12)19(10-13-2-1-7-23-13)17(22)18(14)9-11-3-4-11/h5-6,8,11,13H,1-4,7,9-10H2,(H,20,21)/t13-/m1/s1. The highest BCUT2D eigenvalue weighted by Gasteiger charge is 2.26. The van der Waals surface area contributed by atoms with Crippen molar-refractivity contribution in [3.05, 3.63) is 34.2 Å². The molecule has 2 aliphatic rings. The molecule has 0 spiro atoms. The lowest BCUT2D eigenvalue weighted by atomic mass is 10.2. The Morgan fingerprint density at radius 1 is 1.17 bits per heavy atom. The van der Waals surface area contributed by atoms with Crippen molar-refractivity contribution in [2.45, 2.75) is 44.9 Å². The van der Waals surface area contributed by atoms with Crippen LogP contribution in [0, 0.1) is 5.92 Å². The zero-order valence-corrected chi connectivity index (χ0v) is 12.9. The van der Waals surface area contributed by atoms with Crippen LogP contribution in [0.5, 0.6) is 0 Å². The molecule has 2 aromatic rings. The van der Waals surface area contributed by atoms with Gasteiger partial charge in [-0.15, -0.1) is 0 Å². The van der Waals surface area contributed by atoms with Crippen LogP contribution in [0.15, 0.2) is 23.0 Å². The zero-order chi connectivity index (χ0) is 16.0. The van der Waals surface area contributed by atoms with Crippen LogP contribution in [0.1, 0.15) is 36.0 Å². The van der Waals surface area contributed by atoms with Crippen molar-refractivity contribution in [1.82, 2.24) is 9.13 Å². The molecule has 0 bridgehead atoms. The zero-order valence-electron chi connectivity index (χ0n) is 12.9. The van der Waals surface area contributed by atoms with E-state index < -0.39 is 5.97 Å². The Kier molecular flexibility index (Phi) is 3.49. The number of carboxylic acid groups (broad SMARTS) is 1. The highest BCUT2D eigenvalue weighted by atomic mass is 16.5. The summed E-state index contributed by atoms with van der Waals surface area (Å²) in [6, 6.07) is 4.94. The summed E-state index contributed by atoms with van der Waals surface area (Å²) in [6.07, 6.45) is 4.33. The van der Waals surface area contributed by atoms with E-state index in [4.69, 9.17) is 4.74 Å². The lowest BCUT2D eigenvalue weighted by Crippen LogP contribution is -2.29. The largest absolute Gasteiger partial charge is 0.478 e. The Morgan fingerprint density at radius 2 is 1.96 bits per heavy atom. The number of nitrogens with zero attached hydrogens (tertiary/aromatic N) is 2. The number of hydrogen-bond acceptors (Lipinski definition) is 3. The second-order valence-electron chi connectivity index (χ2n) is 6.59. The third-order valence-corrected chi connectivity index (χ3v) is 4.81. The van der Waals surface area contributed by atoms with E-state index >= 15 is 0 Å². The average molecular weight is 316 g/mol. The fraction of sp³-hybridized carbons (Fsp3) is 0.529. The van der Waals surface area contributed by atoms with E-state index in [0.29, 0.717) is 18.0 Å². The first-order valence-corrected chi connectivity index (χ1v) is 8.21. The Balaban J connectivity index is 1.82. The molecule has 0 radical (unpaired) electrons. The first-order chi connectivity index (χ1) is 11.1. The molecule has 0 amide bonds. The van der Waals surface area contributed by atoms with Gasteiger partial charge >= 0.3 is 11.7 Å². The van der Waals surface area contributed by atoms with Crippen LogP contribution < -0.4 is 5.69 Å². The fourth-order valence-electron chi connectivity index (χ4n) is 3.36. The SMILES string of the molecule is O=C(O)c1ccc2c(c1)n(C[C@H]1CCCO1)c(=O)n2CC1CC1. The summed E-state index contributed by atoms with van der Waals surface area (Å²) in [5, 5.41) is 9.23. The molecule has 6 nitrogen and oxygen atoms in total. The quantitative estimate of drug-likeness (QED) is 0.916. The van der Waals surface area contributed by atoms with Crippen LogP contribution in [0.25, 0.3) is 11.0 Å². The molecule has 4 rings (SSSR count). The minimum absolute atomic E-state index is 0.0427. The number of hydrogen-bond donors (Lipinski definition) is 1. The number of rotatable bonds is 5. The Bertz CT molecular complexity index is 810. The predicted molar refractivity (Wildman–Crippen MR) is 84.9 cm³/mol. The van der Waals surface area contributed by atoms with Crippen LogP contribution in [-0.2, 0) is 17.8 Å². The van der Waals surface area contributed by atoms with Crippen LogP contribution in [-0.4, -0.2) is 32.9 Å². The Hall–Kier alpha value is -2.08. The van der Waals surface area contributed by atoms with E-state index in [-0.39, 0.29) is 17.4 Å². The summed E-state index contributed by atoms with van der Waals surface area (Å²) in [5.74, 6) is -0.397. The van der Waals surface area contributed by atoms with Gasteiger partial charge < -0.3 is 9.84 Å². The number of aromatic nitrogens is 2. The number of ether oxygens (including phenoxy) is 1. The molecule has 1 saturated carbocycles. The topological polar surface area (TPSA) is 73.5 Å². The van der Waals surface area contributed by atoms with E-state index in [1.807, 2.05) is 0 Å². The van der Waals surface area contributed by atoms with E-state index in [1.165, 1.54) is 0 Å². The highest BCUT2D eigenvalue weighted by Crippen LogP contribution is 2.31. The van der Waals surface area contributed by atoms with Gasteiger partial charge in [0.15, 0.2) is 0 Å². The third kappa shape index (κ3) is 2.67. The van der Waals surface area contributed by atoms with Crippen LogP contribution in [0.3, 0.4) is 0 Å². The summed E-state index contributed by atoms with van der Waals surface area (Å²) in [5.41, 5.74) is 1.68. The molecule has 23 heavy (non-hydrogen) atoms. The van der Waals surface area contributed by atoms with E-state index in [1.54, 1.807) is 27.3 Å². The van der Waals surface area contributed by atoms with Gasteiger partial charge in [0.1, 0.15) is 0 Å². The van der Waals surface area contributed by atoms with Crippen molar-refractivity contribution in [2.75, 3.05) is 6.61 Å². The number of carboxylic acids is 1. The lowest BCUT2D eigenvalue weighted by molar-refractivity contribution is 0.0697. The maximum absolute atomic E-state index is 12.8. The molecule has 122 valence electrons. The number of carbonyl (C=O) groups is 1. The van der Waals surface area contributed by atoms with Crippen LogP contribution in [0.4, 0.5) is 0 Å². The van der Waals surface area contributed by atoms with E-state index in [9.17, 15) is 14.7 Å². The van der Waals surface area contributed by atoms with Crippen molar-refractivity contribution >= 4 is 17.0 Å². The maximum Gasteiger partial charge on any atom is 0.335 e. The van der Waals surface area contributed by atoms with Gasteiger partial charge in [-0.25, -0.2) is 9.59 Å². The molecule has 0 unspecified atom stereocenters. The molecule has 2 heterocycles. The van der Waals surface area contributed by atoms with Gasteiger partial charge in [0.25, 0.3) is 0 Å². The van der Waals surface area contributed by atoms with Crippen molar-refractivity contribution < 1.29 is 14.6 Å². The molecule has 6 heteroatoms. The molecule has 2 fully saturated rings. The molecule has 1 atom stereocenters. The molecule has 1 aliphatic heterocycles. The number of aromatic carboxylic acids is 1. The number of imidazole rings is 1. The maximum atomic E-state index is 12.8. The second-order valence-corrected chi connectivity index (χ2v) is 6.59. The second kappa shape index (κ2) is 5.53. The smallest absolute Gasteiger partial charge is 0.335 e. The third-order valence-electron chi connectivity index (χ3n) is 4.81. The lowest BCUT2D eigenvalue weighted by Gasteiger charge is -2.10. The molecule has 1 saturated heterocycles. The van der Waals surface area contributed by atoms with Gasteiger partial charge in [-0.1, -0.05) is 0 Å². The number of fused-ring (bicyclic) bond motifs is 1. The molecule has 1 aliphatic carbocycles. The minimum Gasteiger partial charge on any atom is -0.478 e. The summed E-state index contributed by atoms with van der Waals surface area (Å²) in [7, 11) is 0. The van der Waals surface area contributed by atoms with Gasteiger partial charge in [0, 0.05) is 13.2 Å². The molecular weight excluding hydrogens is 296 g/mol.